The van der Waals surface area contributed by atoms with Gasteiger partial charge in [0.15, 0.2) is 0 Å². The van der Waals surface area contributed by atoms with Crippen molar-refractivity contribution in [2.75, 3.05) is 0 Å². The molecule has 0 fully saturated rings. The van der Waals surface area contributed by atoms with Gasteiger partial charge in [0.05, 0.1) is 10.4 Å². The van der Waals surface area contributed by atoms with Gasteiger partial charge >= 0.3 is 5.97 Å². The molecule has 0 unspecified atom stereocenters. The number of benzene rings is 2. The molecule has 3 aromatic rings. The Morgan fingerprint density at radius 3 is 2.62 bits per heavy atom. The highest BCUT2D eigenvalue weighted by molar-refractivity contribution is 6.35. The molecule has 0 aliphatic rings. The zero-order valence-electron chi connectivity index (χ0n) is 15.8. The molecule has 0 saturated carbocycles. The fourth-order valence-corrected chi connectivity index (χ4v) is 3.02. The van der Waals surface area contributed by atoms with Gasteiger partial charge in [-0.3, -0.25) is 4.79 Å². The van der Waals surface area contributed by atoms with Gasteiger partial charge in [-0.1, -0.05) is 43.5 Å². The standard InChI is InChI=1S/C21H19Cl2NO5/c1-3-11(2)19(24)21(26)28-13-5-6-14-17(9-13)27-10-18(20(14)25)29-16-7-4-12(22)8-15(16)23/h4-11,19H,3,24H2,1-2H3/t11-,19-/m1/s1. The third kappa shape index (κ3) is 4.72. The minimum Gasteiger partial charge on any atom is -0.460 e. The Balaban J connectivity index is 1.85. The first-order chi connectivity index (χ1) is 13.8. The van der Waals surface area contributed by atoms with Crippen LogP contribution in [0.15, 0.2) is 51.9 Å². The molecule has 2 aromatic carbocycles. The van der Waals surface area contributed by atoms with Crippen molar-refractivity contribution in [1.29, 1.82) is 0 Å². The second-order valence-corrected chi connectivity index (χ2v) is 7.44. The van der Waals surface area contributed by atoms with Crippen LogP contribution >= 0.6 is 23.2 Å². The fraction of sp³-hybridized carbons (Fsp3) is 0.238. The summed E-state index contributed by atoms with van der Waals surface area (Å²) in [5.41, 5.74) is 5.73. The van der Waals surface area contributed by atoms with Crippen LogP contribution < -0.4 is 20.6 Å². The minimum absolute atomic E-state index is 0.0136. The van der Waals surface area contributed by atoms with E-state index in [1.807, 2.05) is 13.8 Å². The van der Waals surface area contributed by atoms with Crippen LogP contribution in [0.1, 0.15) is 20.3 Å². The fourth-order valence-electron chi connectivity index (χ4n) is 2.57. The Hall–Kier alpha value is -2.54. The number of hydrogen-bond acceptors (Lipinski definition) is 6. The van der Waals surface area contributed by atoms with Gasteiger partial charge in [-0.15, -0.1) is 0 Å². The highest BCUT2D eigenvalue weighted by atomic mass is 35.5. The largest absolute Gasteiger partial charge is 0.460 e. The number of carbonyl (C=O) groups excluding carboxylic acids is 1. The highest BCUT2D eigenvalue weighted by Gasteiger charge is 2.22. The Labute approximate surface area is 177 Å². The summed E-state index contributed by atoms with van der Waals surface area (Å²) in [6.45, 7) is 3.82. The summed E-state index contributed by atoms with van der Waals surface area (Å²) in [4.78, 5) is 24.8. The van der Waals surface area contributed by atoms with Gasteiger partial charge in [0.2, 0.25) is 11.2 Å². The highest BCUT2D eigenvalue weighted by Crippen LogP contribution is 2.31. The van der Waals surface area contributed by atoms with Crippen LogP contribution in [0.5, 0.6) is 17.2 Å². The van der Waals surface area contributed by atoms with Gasteiger partial charge in [-0.2, -0.15) is 0 Å². The van der Waals surface area contributed by atoms with E-state index < -0.39 is 17.4 Å². The molecule has 2 N–H and O–H groups in total. The molecule has 152 valence electrons. The second-order valence-electron chi connectivity index (χ2n) is 6.60. The summed E-state index contributed by atoms with van der Waals surface area (Å²) in [6.07, 6.45) is 1.93. The Morgan fingerprint density at radius 1 is 1.17 bits per heavy atom. The monoisotopic (exact) mass is 435 g/mol. The first kappa shape index (κ1) is 21.2. The lowest BCUT2D eigenvalue weighted by molar-refractivity contribution is -0.137. The molecule has 0 aliphatic heterocycles. The molecule has 1 aromatic heterocycles. The molecular weight excluding hydrogens is 417 g/mol. The lowest BCUT2D eigenvalue weighted by atomic mass is 10.0. The van der Waals surface area contributed by atoms with Crippen LogP contribution in [-0.4, -0.2) is 12.0 Å². The molecular formula is C21H19Cl2NO5. The third-order valence-corrected chi connectivity index (χ3v) is 5.11. The maximum absolute atomic E-state index is 12.7. The van der Waals surface area contributed by atoms with E-state index in [1.165, 1.54) is 30.5 Å². The summed E-state index contributed by atoms with van der Waals surface area (Å²) < 4.78 is 16.4. The molecule has 0 spiro atoms. The smallest absolute Gasteiger partial charge is 0.328 e. The van der Waals surface area contributed by atoms with Crippen LogP contribution in [0.2, 0.25) is 10.0 Å². The number of ether oxygens (including phenoxy) is 2. The van der Waals surface area contributed by atoms with Gasteiger partial charge in [0, 0.05) is 11.1 Å². The molecule has 0 bridgehead atoms. The first-order valence-corrected chi connectivity index (χ1v) is 9.71. The second kappa shape index (κ2) is 8.86. The van der Waals surface area contributed by atoms with E-state index in [4.69, 9.17) is 42.8 Å². The van der Waals surface area contributed by atoms with Crippen LogP contribution in [0.3, 0.4) is 0 Å². The van der Waals surface area contributed by atoms with Crippen molar-refractivity contribution in [2.45, 2.75) is 26.3 Å². The summed E-state index contributed by atoms with van der Waals surface area (Å²) in [5.74, 6) is -0.0879. The SMILES string of the molecule is CC[C@@H](C)[C@@H](N)C(=O)Oc1ccc2c(=O)c(Oc3ccc(Cl)cc3Cl)coc2c1. The molecule has 0 saturated heterocycles. The van der Waals surface area contributed by atoms with Gasteiger partial charge < -0.3 is 19.6 Å². The maximum atomic E-state index is 12.7. The number of hydrogen-bond donors (Lipinski definition) is 1. The summed E-state index contributed by atoms with van der Waals surface area (Å²) in [5, 5.41) is 0.971. The zero-order valence-corrected chi connectivity index (χ0v) is 17.3. The number of rotatable bonds is 6. The number of halogens is 2. The van der Waals surface area contributed by atoms with E-state index in [-0.39, 0.29) is 39.2 Å². The van der Waals surface area contributed by atoms with Gasteiger partial charge in [-0.25, -0.2) is 4.79 Å². The molecule has 6 nitrogen and oxygen atoms in total. The van der Waals surface area contributed by atoms with Crippen molar-refractivity contribution < 1.29 is 18.7 Å². The van der Waals surface area contributed by atoms with E-state index in [9.17, 15) is 9.59 Å². The molecule has 0 amide bonds. The number of nitrogens with two attached hydrogens (primary N) is 1. The molecule has 29 heavy (non-hydrogen) atoms. The number of fused-ring (bicyclic) bond motifs is 1. The molecule has 3 rings (SSSR count). The number of esters is 1. The van der Waals surface area contributed by atoms with Crippen molar-refractivity contribution in [3.8, 4) is 17.2 Å². The average Bonchev–Trinajstić information content (AvgIpc) is 2.70. The Bertz CT molecular complexity index is 1110. The quantitative estimate of drug-likeness (QED) is 0.423. The van der Waals surface area contributed by atoms with Gasteiger partial charge in [0.25, 0.3) is 0 Å². The van der Waals surface area contributed by atoms with Crippen LogP contribution in [0, 0.1) is 5.92 Å². The summed E-state index contributed by atoms with van der Waals surface area (Å²) in [6, 6.07) is 8.37. The van der Waals surface area contributed by atoms with E-state index in [2.05, 4.69) is 0 Å². The van der Waals surface area contributed by atoms with E-state index in [0.29, 0.717) is 5.02 Å². The molecule has 1 heterocycles. The molecule has 2 atom stereocenters. The molecule has 0 radical (unpaired) electrons. The predicted octanol–water partition coefficient (Wildman–Crippen LogP) is 5.17. The Morgan fingerprint density at radius 2 is 1.93 bits per heavy atom. The molecule has 8 heteroatoms. The number of carbonyl (C=O) groups is 1. The lowest BCUT2D eigenvalue weighted by Crippen LogP contribution is -2.39. The third-order valence-electron chi connectivity index (χ3n) is 4.58. The van der Waals surface area contributed by atoms with E-state index >= 15 is 0 Å². The van der Waals surface area contributed by atoms with E-state index in [0.717, 1.165) is 6.42 Å². The van der Waals surface area contributed by atoms with Crippen LogP contribution in [0.4, 0.5) is 0 Å². The zero-order chi connectivity index (χ0) is 21.1. The van der Waals surface area contributed by atoms with Crippen molar-refractivity contribution in [3.63, 3.8) is 0 Å². The lowest BCUT2D eigenvalue weighted by Gasteiger charge is -2.16. The van der Waals surface area contributed by atoms with Crippen molar-refractivity contribution in [2.24, 2.45) is 11.7 Å². The predicted molar refractivity (Wildman–Crippen MR) is 112 cm³/mol. The minimum atomic E-state index is -0.734. The van der Waals surface area contributed by atoms with Gasteiger partial charge in [0.1, 0.15) is 29.4 Å². The van der Waals surface area contributed by atoms with Gasteiger partial charge in [-0.05, 0) is 36.2 Å². The van der Waals surface area contributed by atoms with Crippen LogP contribution in [-0.2, 0) is 4.79 Å². The van der Waals surface area contributed by atoms with Crippen molar-refractivity contribution >= 4 is 40.1 Å². The Kier molecular flexibility index (Phi) is 6.47. The van der Waals surface area contributed by atoms with Crippen LogP contribution in [0.25, 0.3) is 11.0 Å². The topological polar surface area (TPSA) is 91.8 Å². The summed E-state index contributed by atoms with van der Waals surface area (Å²) in [7, 11) is 0. The average molecular weight is 436 g/mol. The van der Waals surface area contributed by atoms with Crippen molar-refractivity contribution in [1.82, 2.24) is 0 Å². The first-order valence-electron chi connectivity index (χ1n) is 8.96. The normalized spacial score (nSPS) is 13.1. The van der Waals surface area contributed by atoms with E-state index in [1.54, 1.807) is 12.1 Å². The maximum Gasteiger partial charge on any atom is 0.328 e. The molecule has 0 aliphatic carbocycles. The summed E-state index contributed by atoms with van der Waals surface area (Å²) >= 11 is 11.9. The van der Waals surface area contributed by atoms with Crippen molar-refractivity contribution in [3.05, 3.63) is 62.9 Å².